The summed E-state index contributed by atoms with van der Waals surface area (Å²) in [6.45, 7) is 23.4. The highest BCUT2D eigenvalue weighted by atomic mass is 28.3. The highest BCUT2D eigenvalue weighted by molar-refractivity contribution is 7.00. The Hall–Kier alpha value is -5.78. The van der Waals surface area contributed by atoms with Crippen LogP contribution in [-0.4, -0.2) is 14.8 Å². The van der Waals surface area contributed by atoms with Crippen LogP contribution in [0.4, 0.5) is 51.2 Å². The maximum absolute atomic E-state index is 2.57. The Labute approximate surface area is 354 Å². The average Bonchev–Trinajstić information content (AvgIpc) is 3.21. The Morgan fingerprint density at radius 2 is 0.932 bits per heavy atom. The van der Waals surface area contributed by atoms with E-state index in [1.165, 1.54) is 72.4 Å². The van der Waals surface area contributed by atoms with Crippen LogP contribution in [0.3, 0.4) is 0 Å². The van der Waals surface area contributed by atoms with Gasteiger partial charge in [0.2, 0.25) is 0 Å². The van der Waals surface area contributed by atoms with Crippen LogP contribution in [0, 0.1) is 6.92 Å². The molecule has 0 fully saturated rings. The van der Waals surface area contributed by atoms with Gasteiger partial charge in [-0.05, 0) is 124 Å². The number of para-hydroxylation sites is 2. The predicted molar refractivity (Wildman–Crippen MR) is 260 cm³/mol. The lowest BCUT2D eigenvalue weighted by molar-refractivity contribution is 0.590. The third-order valence-corrected chi connectivity index (χ3v) is 14.4. The SMILES string of the molecule is Cc1ccc(N2c3cc(N(c4ccc(C(C)(C)C)cc4)c4ccc(C(C)(C)C)cc4)ccc3B3c4ccccc4N(c4ccccc4)c4cc([Si](C)(C)C)cc2c43)cc1. The van der Waals surface area contributed by atoms with Crippen LogP contribution in [0.25, 0.3) is 0 Å². The van der Waals surface area contributed by atoms with Crippen molar-refractivity contribution in [2.75, 3.05) is 14.7 Å². The topological polar surface area (TPSA) is 9.72 Å². The first-order valence-corrected chi connectivity index (χ1v) is 24.7. The van der Waals surface area contributed by atoms with E-state index in [1.54, 1.807) is 0 Å². The summed E-state index contributed by atoms with van der Waals surface area (Å²) in [7, 11) is -1.81. The van der Waals surface area contributed by atoms with Gasteiger partial charge in [-0.2, -0.15) is 0 Å². The lowest BCUT2D eigenvalue weighted by Gasteiger charge is -2.45. The second-order valence-electron chi connectivity index (χ2n) is 19.7. The lowest BCUT2D eigenvalue weighted by Crippen LogP contribution is -2.62. The first-order chi connectivity index (χ1) is 28.1. The van der Waals surface area contributed by atoms with Gasteiger partial charge in [0.05, 0.1) is 8.07 Å². The van der Waals surface area contributed by atoms with Gasteiger partial charge in [0.1, 0.15) is 0 Å². The van der Waals surface area contributed by atoms with Gasteiger partial charge in [-0.25, -0.2) is 0 Å². The van der Waals surface area contributed by atoms with E-state index in [9.17, 15) is 0 Å². The number of fused-ring (bicyclic) bond motifs is 4. The molecule has 7 aromatic carbocycles. The minimum Gasteiger partial charge on any atom is -0.311 e. The molecule has 0 saturated heterocycles. The molecule has 2 aliphatic rings. The lowest BCUT2D eigenvalue weighted by atomic mass is 9.33. The molecule has 0 aliphatic carbocycles. The zero-order valence-corrected chi connectivity index (χ0v) is 37.4. The van der Waals surface area contributed by atoms with Crippen molar-refractivity contribution < 1.29 is 0 Å². The zero-order valence-electron chi connectivity index (χ0n) is 36.4. The highest BCUT2D eigenvalue weighted by Gasteiger charge is 2.44. The van der Waals surface area contributed by atoms with Gasteiger partial charge in [0.15, 0.2) is 0 Å². The van der Waals surface area contributed by atoms with E-state index in [4.69, 9.17) is 0 Å². The van der Waals surface area contributed by atoms with Gasteiger partial charge >= 0.3 is 0 Å². The van der Waals surface area contributed by atoms with Gasteiger partial charge in [-0.1, -0.05) is 151 Å². The molecule has 0 radical (unpaired) electrons. The summed E-state index contributed by atoms with van der Waals surface area (Å²) in [6, 6.07) is 59.8. The highest BCUT2D eigenvalue weighted by Crippen LogP contribution is 2.46. The molecule has 0 bridgehead atoms. The van der Waals surface area contributed by atoms with Crippen molar-refractivity contribution in [3.05, 3.63) is 174 Å². The Bertz CT molecular complexity index is 2610. The summed E-state index contributed by atoms with van der Waals surface area (Å²) in [6.07, 6.45) is 0. The minimum atomic E-state index is -1.81. The van der Waals surface area contributed by atoms with Crippen molar-refractivity contribution in [1.29, 1.82) is 0 Å². The third-order valence-electron chi connectivity index (χ3n) is 12.4. The van der Waals surface area contributed by atoms with Crippen LogP contribution in [0.1, 0.15) is 58.2 Å². The van der Waals surface area contributed by atoms with E-state index >= 15 is 0 Å². The summed E-state index contributed by atoms with van der Waals surface area (Å²) < 4.78 is 0. The third kappa shape index (κ3) is 6.89. The summed E-state index contributed by atoms with van der Waals surface area (Å²) in [5, 5.41) is 1.45. The molecule has 7 aromatic rings. The van der Waals surface area contributed by atoms with E-state index in [0.29, 0.717) is 0 Å². The molecule has 3 nitrogen and oxygen atoms in total. The molecule has 2 heterocycles. The summed E-state index contributed by atoms with van der Waals surface area (Å²) in [5.74, 6) is 0. The van der Waals surface area contributed by atoms with E-state index in [1.807, 2.05) is 0 Å². The molecule has 5 heteroatoms. The molecule has 9 rings (SSSR count). The standard InChI is InChI=1S/C54H56BN3Si/c1-37-20-26-43(27-21-37)58-49-34-44(56(41-28-22-38(23-29-41)53(2,3)4)42-30-24-39(25-31-42)54(5,6)7)32-33-47(49)55-46-18-14-15-19-48(46)57(40-16-12-11-13-17-40)50-35-45(59(8,9)10)36-51(58)52(50)55/h11-36H,1-10H3. The van der Waals surface area contributed by atoms with E-state index in [0.717, 1.165) is 17.1 Å². The second-order valence-corrected chi connectivity index (χ2v) is 24.8. The van der Waals surface area contributed by atoms with Gasteiger partial charge in [0, 0.05) is 51.2 Å². The number of rotatable bonds is 6. The molecule has 0 atom stereocenters. The molecular weight excluding hydrogens is 730 g/mol. The zero-order chi connectivity index (χ0) is 41.4. The number of aryl methyl sites for hydroxylation is 1. The average molecular weight is 786 g/mol. The molecule has 59 heavy (non-hydrogen) atoms. The van der Waals surface area contributed by atoms with Crippen molar-refractivity contribution >= 4 is 87.5 Å². The number of anilines is 9. The normalized spacial score (nSPS) is 13.5. The first-order valence-electron chi connectivity index (χ1n) is 21.2. The number of hydrogen-bond donors (Lipinski definition) is 0. The maximum atomic E-state index is 2.57. The molecule has 0 spiro atoms. The Morgan fingerprint density at radius 1 is 0.458 bits per heavy atom. The van der Waals surface area contributed by atoms with Crippen molar-refractivity contribution in [2.24, 2.45) is 0 Å². The quantitative estimate of drug-likeness (QED) is 0.156. The smallest absolute Gasteiger partial charge is 0.252 e. The fourth-order valence-corrected chi connectivity index (χ4v) is 10.1. The number of nitrogens with zero attached hydrogens (tertiary/aromatic N) is 3. The van der Waals surface area contributed by atoms with Crippen LogP contribution in [0.5, 0.6) is 0 Å². The summed E-state index contributed by atoms with van der Waals surface area (Å²) in [4.78, 5) is 7.53. The molecule has 0 unspecified atom stereocenters. The van der Waals surface area contributed by atoms with Crippen molar-refractivity contribution in [1.82, 2.24) is 0 Å². The van der Waals surface area contributed by atoms with Gasteiger partial charge in [-0.15, -0.1) is 0 Å². The number of benzene rings is 7. The molecular formula is C54H56BN3Si. The fourth-order valence-electron chi connectivity index (χ4n) is 9.00. The Kier molecular flexibility index (Phi) is 9.32. The van der Waals surface area contributed by atoms with Crippen LogP contribution in [0.2, 0.25) is 19.6 Å². The van der Waals surface area contributed by atoms with Gasteiger partial charge in [0.25, 0.3) is 6.71 Å². The molecule has 0 N–H and O–H groups in total. The van der Waals surface area contributed by atoms with Crippen LogP contribution < -0.4 is 36.3 Å². The second kappa shape index (κ2) is 14.2. The summed E-state index contributed by atoms with van der Waals surface area (Å²) in [5.41, 5.74) is 18.8. The predicted octanol–water partition coefficient (Wildman–Crippen LogP) is 12.7. The van der Waals surface area contributed by atoms with E-state index < -0.39 is 8.07 Å². The van der Waals surface area contributed by atoms with E-state index in [2.05, 4.69) is 241 Å². The van der Waals surface area contributed by atoms with Crippen molar-refractivity contribution in [3.63, 3.8) is 0 Å². The molecule has 0 aromatic heterocycles. The maximum Gasteiger partial charge on any atom is 0.252 e. The molecule has 0 saturated carbocycles. The molecule has 294 valence electrons. The van der Waals surface area contributed by atoms with Crippen molar-refractivity contribution in [2.45, 2.75) is 78.9 Å². The van der Waals surface area contributed by atoms with Crippen LogP contribution in [-0.2, 0) is 10.8 Å². The van der Waals surface area contributed by atoms with Crippen LogP contribution in [0.15, 0.2) is 158 Å². The largest absolute Gasteiger partial charge is 0.311 e. The Balaban J connectivity index is 1.33. The minimum absolute atomic E-state index is 0.0585. The number of hydrogen-bond acceptors (Lipinski definition) is 3. The van der Waals surface area contributed by atoms with Gasteiger partial charge < -0.3 is 14.7 Å². The van der Waals surface area contributed by atoms with Crippen LogP contribution >= 0.6 is 0 Å². The summed E-state index contributed by atoms with van der Waals surface area (Å²) >= 11 is 0. The molecule has 2 aliphatic heterocycles. The van der Waals surface area contributed by atoms with Crippen molar-refractivity contribution in [3.8, 4) is 0 Å². The van der Waals surface area contributed by atoms with E-state index in [-0.39, 0.29) is 17.5 Å². The first kappa shape index (κ1) is 38.7. The monoisotopic (exact) mass is 785 g/mol. The fraction of sp³-hybridized carbons (Fsp3) is 0.222. The molecule has 0 amide bonds. The Morgan fingerprint density at radius 3 is 1.47 bits per heavy atom. The van der Waals surface area contributed by atoms with Gasteiger partial charge in [-0.3, -0.25) is 0 Å².